The molecule has 17 heavy (non-hydrogen) atoms. The van der Waals surface area contributed by atoms with Crippen LogP contribution in [0.15, 0.2) is 0 Å². The van der Waals surface area contributed by atoms with E-state index in [2.05, 4.69) is 6.92 Å². The van der Waals surface area contributed by atoms with E-state index in [1.54, 1.807) is 4.90 Å². The van der Waals surface area contributed by atoms with Crippen LogP contribution in [0.5, 0.6) is 0 Å². The first-order valence-corrected chi connectivity index (χ1v) is 6.93. The van der Waals surface area contributed by atoms with Crippen molar-refractivity contribution in [2.45, 2.75) is 63.9 Å². The van der Waals surface area contributed by atoms with Crippen molar-refractivity contribution in [2.75, 3.05) is 13.6 Å². The lowest BCUT2D eigenvalue weighted by Crippen LogP contribution is -2.46. The van der Waals surface area contributed by atoms with Gasteiger partial charge in [-0.05, 0) is 25.7 Å². The number of nitrogens with zero attached hydrogens (tertiary/aromatic N) is 1. The fourth-order valence-electron chi connectivity index (χ4n) is 3.53. The number of likely N-dealkylation sites (N-methyl/N-ethyl adjacent to an activating group) is 1. The molecular formula is C14H25NO2. The molecule has 98 valence electrons. The number of amides is 1. The third-order valence-electron chi connectivity index (χ3n) is 4.64. The van der Waals surface area contributed by atoms with Gasteiger partial charge in [0.15, 0.2) is 0 Å². The summed E-state index contributed by atoms with van der Waals surface area (Å²) in [6, 6.07) is 0. The SMILES string of the molecule is CN(CC1(O)CCCC1)C(=O)C1(C)CCCC1. The predicted molar refractivity (Wildman–Crippen MR) is 67.6 cm³/mol. The molecule has 2 rings (SSSR count). The number of hydrogen-bond donors (Lipinski definition) is 1. The van der Waals surface area contributed by atoms with Gasteiger partial charge in [0.05, 0.1) is 5.60 Å². The minimum absolute atomic E-state index is 0.163. The standard InChI is InChI=1S/C14H25NO2/c1-13(7-3-4-8-13)12(16)15(2)11-14(17)9-5-6-10-14/h17H,3-11H2,1-2H3. The number of carbonyl (C=O) groups excluding carboxylic acids is 1. The van der Waals surface area contributed by atoms with Crippen molar-refractivity contribution in [3.8, 4) is 0 Å². The van der Waals surface area contributed by atoms with Gasteiger partial charge in [-0.3, -0.25) is 4.79 Å². The van der Waals surface area contributed by atoms with Gasteiger partial charge in [-0.25, -0.2) is 0 Å². The van der Waals surface area contributed by atoms with E-state index < -0.39 is 5.60 Å². The van der Waals surface area contributed by atoms with E-state index in [1.807, 2.05) is 7.05 Å². The van der Waals surface area contributed by atoms with Crippen LogP contribution < -0.4 is 0 Å². The van der Waals surface area contributed by atoms with Gasteiger partial charge in [-0.15, -0.1) is 0 Å². The normalized spacial score (nSPS) is 26.1. The molecule has 1 N–H and O–H groups in total. The van der Waals surface area contributed by atoms with Crippen LogP contribution in [0.1, 0.15) is 58.3 Å². The van der Waals surface area contributed by atoms with Crippen LogP contribution >= 0.6 is 0 Å². The Bertz CT molecular complexity index is 289. The molecule has 2 aliphatic carbocycles. The topological polar surface area (TPSA) is 40.5 Å². The molecule has 2 fully saturated rings. The largest absolute Gasteiger partial charge is 0.388 e. The first kappa shape index (κ1) is 12.9. The summed E-state index contributed by atoms with van der Waals surface area (Å²) in [5.41, 5.74) is -0.775. The molecule has 0 aromatic carbocycles. The Kier molecular flexibility index (Phi) is 3.48. The molecule has 0 aromatic heterocycles. The minimum atomic E-state index is -0.612. The number of carbonyl (C=O) groups is 1. The maximum atomic E-state index is 12.4. The molecule has 3 heteroatoms. The molecule has 1 amide bonds. The van der Waals surface area contributed by atoms with Gasteiger partial charge in [0, 0.05) is 19.0 Å². The average molecular weight is 239 g/mol. The van der Waals surface area contributed by atoms with Gasteiger partial charge >= 0.3 is 0 Å². The third kappa shape index (κ3) is 2.65. The molecule has 3 nitrogen and oxygen atoms in total. The van der Waals surface area contributed by atoms with Crippen molar-refractivity contribution >= 4 is 5.91 Å². The van der Waals surface area contributed by atoms with E-state index >= 15 is 0 Å². The molecule has 0 aliphatic heterocycles. The molecule has 0 spiro atoms. The summed E-state index contributed by atoms with van der Waals surface area (Å²) in [6.45, 7) is 2.60. The summed E-state index contributed by atoms with van der Waals surface area (Å²) in [4.78, 5) is 14.2. The van der Waals surface area contributed by atoms with Gasteiger partial charge in [0.1, 0.15) is 0 Å². The maximum Gasteiger partial charge on any atom is 0.228 e. The van der Waals surface area contributed by atoms with Crippen molar-refractivity contribution < 1.29 is 9.90 Å². The lowest BCUT2D eigenvalue weighted by atomic mass is 9.86. The Morgan fingerprint density at radius 2 is 1.59 bits per heavy atom. The Balaban J connectivity index is 1.95. The zero-order chi connectivity index (χ0) is 12.5. The highest BCUT2D eigenvalue weighted by atomic mass is 16.3. The summed E-state index contributed by atoms with van der Waals surface area (Å²) in [5.74, 6) is 0.232. The van der Waals surface area contributed by atoms with Crippen molar-refractivity contribution in [1.29, 1.82) is 0 Å². The van der Waals surface area contributed by atoms with E-state index in [4.69, 9.17) is 0 Å². The Morgan fingerprint density at radius 3 is 2.12 bits per heavy atom. The molecule has 0 radical (unpaired) electrons. The highest BCUT2D eigenvalue weighted by molar-refractivity contribution is 5.82. The first-order chi connectivity index (χ1) is 7.95. The van der Waals surface area contributed by atoms with Crippen LogP contribution in [0, 0.1) is 5.41 Å². The van der Waals surface area contributed by atoms with E-state index in [0.29, 0.717) is 6.54 Å². The van der Waals surface area contributed by atoms with Crippen molar-refractivity contribution in [2.24, 2.45) is 5.41 Å². The van der Waals surface area contributed by atoms with Crippen molar-refractivity contribution in [3.63, 3.8) is 0 Å². The minimum Gasteiger partial charge on any atom is -0.388 e. The van der Waals surface area contributed by atoms with Crippen molar-refractivity contribution in [1.82, 2.24) is 4.90 Å². The Hall–Kier alpha value is -0.570. The molecule has 0 saturated heterocycles. The summed E-state index contributed by atoms with van der Waals surface area (Å²) in [7, 11) is 1.85. The van der Waals surface area contributed by atoms with Crippen LogP contribution in [0.4, 0.5) is 0 Å². The Morgan fingerprint density at radius 1 is 1.12 bits per heavy atom. The number of rotatable bonds is 3. The second-order valence-corrected chi connectivity index (χ2v) is 6.36. The average Bonchev–Trinajstić information content (AvgIpc) is 2.87. The summed E-state index contributed by atoms with van der Waals surface area (Å²) < 4.78 is 0. The van der Waals surface area contributed by atoms with E-state index in [-0.39, 0.29) is 11.3 Å². The zero-order valence-corrected chi connectivity index (χ0v) is 11.2. The maximum absolute atomic E-state index is 12.4. The molecular weight excluding hydrogens is 214 g/mol. The highest BCUT2D eigenvalue weighted by Gasteiger charge is 2.41. The second kappa shape index (κ2) is 4.60. The molecule has 0 unspecified atom stereocenters. The second-order valence-electron chi connectivity index (χ2n) is 6.36. The number of hydrogen-bond acceptors (Lipinski definition) is 2. The quantitative estimate of drug-likeness (QED) is 0.821. The van der Waals surface area contributed by atoms with Gasteiger partial charge in [-0.1, -0.05) is 32.6 Å². The monoisotopic (exact) mass is 239 g/mol. The fraction of sp³-hybridized carbons (Fsp3) is 0.929. The molecule has 0 atom stereocenters. The zero-order valence-electron chi connectivity index (χ0n) is 11.2. The Labute approximate surface area is 104 Å². The van der Waals surface area contributed by atoms with Crippen LogP contribution in [0.2, 0.25) is 0 Å². The predicted octanol–water partition coefficient (Wildman–Crippen LogP) is 2.33. The van der Waals surface area contributed by atoms with Crippen molar-refractivity contribution in [3.05, 3.63) is 0 Å². The molecule has 2 saturated carbocycles. The molecule has 0 heterocycles. The van der Waals surface area contributed by atoms with E-state index in [1.165, 1.54) is 12.8 Å². The van der Waals surface area contributed by atoms with Gasteiger partial charge < -0.3 is 10.0 Å². The smallest absolute Gasteiger partial charge is 0.228 e. The lowest BCUT2D eigenvalue weighted by molar-refractivity contribution is -0.142. The van der Waals surface area contributed by atoms with Crippen LogP contribution in [-0.4, -0.2) is 35.1 Å². The lowest BCUT2D eigenvalue weighted by Gasteiger charge is -2.34. The van der Waals surface area contributed by atoms with Crippen LogP contribution in [0.25, 0.3) is 0 Å². The number of aliphatic hydroxyl groups is 1. The highest BCUT2D eigenvalue weighted by Crippen LogP contribution is 2.39. The van der Waals surface area contributed by atoms with E-state index in [0.717, 1.165) is 38.5 Å². The van der Waals surface area contributed by atoms with Crippen LogP contribution in [-0.2, 0) is 4.79 Å². The summed E-state index contributed by atoms with van der Waals surface area (Å²) in [5, 5.41) is 10.3. The first-order valence-electron chi connectivity index (χ1n) is 6.93. The van der Waals surface area contributed by atoms with Gasteiger partial charge in [0.2, 0.25) is 5.91 Å². The van der Waals surface area contributed by atoms with Crippen LogP contribution in [0.3, 0.4) is 0 Å². The van der Waals surface area contributed by atoms with Gasteiger partial charge in [-0.2, -0.15) is 0 Å². The molecule has 0 aromatic rings. The summed E-state index contributed by atoms with van der Waals surface area (Å²) >= 11 is 0. The molecule has 2 aliphatic rings. The van der Waals surface area contributed by atoms with E-state index in [9.17, 15) is 9.90 Å². The summed E-state index contributed by atoms with van der Waals surface area (Å²) in [6.07, 6.45) is 8.23. The third-order valence-corrected chi connectivity index (χ3v) is 4.64. The molecule has 0 bridgehead atoms. The fourth-order valence-corrected chi connectivity index (χ4v) is 3.53. The van der Waals surface area contributed by atoms with Gasteiger partial charge in [0.25, 0.3) is 0 Å².